The molecular formula is C11H17NO4. The summed E-state index contributed by atoms with van der Waals surface area (Å²) in [5.41, 5.74) is 0. The van der Waals surface area contributed by atoms with Crippen LogP contribution in [0.2, 0.25) is 0 Å². The van der Waals surface area contributed by atoms with Crippen LogP contribution >= 0.6 is 0 Å². The molecule has 2 fully saturated rings. The van der Waals surface area contributed by atoms with Gasteiger partial charge in [0.25, 0.3) is 0 Å². The SMILES string of the molecule is COC(=O)[C@H]1C[C@H]2N[C@@H]1CC[C@@H]2OC(C)=O. The maximum Gasteiger partial charge on any atom is 0.310 e. The Morgan fingerprint density at radius 2 is 2.00 bits per heavy atom. The largest absolute Gasteiger partial charge is 0.469 e. The molecule has 5 heteroatoms. The molecule has 1 N–H and O–H groups in total. The summed E-state index contributed by atoms with van der Waals surface area (Å²) in [7, 11) is 1.41. The number of hydrogen-bond donors (Lipinski definition) is 1. The van der Waals surface area contributed by atoms with Gasteiger partial charge < -0.3 is 14.8 Å². The van der Waals surface area contributed by atoms with Gasteiger partial charge in [-0.2, -0.15) is 0 Å². The van der Waals surface area contributed by atoms with Crippen molar-refractivity contribution in [3.63, 3.8) is 0 Å². The lowest BCUT2D eigenvalue weighted by atomic mass is 9.99. The third-order valence-electron chi connectivity index (χ3n) is 3.45. The van der Waals surface area contributed by atoms with E-state index in [0.717, 1.165) is 12.8 Å². The maximum absolute atomic E-state index is 11.5. The maximum atomic E-state index is 11.5. The molecule has 0 aromatic carbocycles. The Kier molecular flexibility index (Phi) is 3.14. The Balaban J connectivity index is 2.00. The molecule has 16 heavy (non-hydrogen) atoms. The Morgan fingerprint density at radius 1 is 1.25 bits per heavy atom. The summed E-state index contributed by atoms with van der Waals surface area (Å²) in [6.45, 7) is 1.42. The highest BCUT2D eigenvalue weighted by Gasteiger charge is 2.46. The smallest absolute Gasteiger partial charge is 0.310 e. The molecule has 4 atom stereocenters. The second-order valence-corrected chi connectivity index (χ2v) is 4.47. The first-order valence-electron chi connectivity index (χ1n) is 5.63. The van der Waals surface area contributed by atoms with Crippen LogP contribution < -0.4 is 5.32 Å². The summed E-state index contributed by atoms with van der Waals surface area (Å²) in [6, 6.07) is 0.288. The summed E-state index contributed by atoms with van der Waals surface area (Å²) < 4.78 is 10.0. The average molecular weight is 227 g/mol. The van der Waals surface area contributed by atoms with Gasteiger partial charge in [-0.15, -0.1) is 0 Å². The Bertz CT molecular complexity index is 304. The molecule has 2 aliphatic heterocycles. The van der Waals surface area contributed by atoms with E-state index in [1.807, 2.05) is 0 Å². The monoisotopic (exact) mass is 227 g/mol. The molecule has 5 nitrogen and oxygen atoms in total. The molecule has 2 heterocycles. The van der Waals surface area contributed by atoms with Crippen LogP contribution in [-0.4, -0.2) is 37.2 Å². The van der Waals surface area contributed by atoms with Crippen molar-refractivity contribution in [2.45, 2.75) is 44.4 Å². The summed E-state index contributed by atoms with van der Waals surface area (Å²) in [4.78, 5) is 22.4. The van der Waals surface area contributed by atoms with E-state index in [9.17, 15) is 9.59 Å². The molecule has 90 valence electrons. The highest BCUT2D eigenvalue weighted by atomic mass is 16.5. The van der Waals surface area contributed by atoms with Gasteiger partial charge in [0.1, 0.15) is 6.10 Å². The summed E-state index contributed by atoms with van der Waals surface area (Å²) in [5, 5.41) is 3.33. The van der Waals surface area contributed by atoms with E-state index in [2.05, 4.69) is 5.32 Å². The highest BCUT2D eigenvalue weighted by molar-refractivity contribution is 5.74. The molecule has 0 aliphatic carbocycles. The normalized spacial score (nSPS) is 36.9. The number of ether oxygens (including phenoxy) is 2. The molecular weight excluding hydrogens is 210 g/mol. The fourth-order valence-corrected chi connectivity index (χ4v) is 2.75. The lowest BCUT2D eigenvalue weighted by Crippen LogP contribution is -2.46. The number of methoxy groups -OCH3 is 1. The summed E-state index contributed by atoms with van der Waals surface area (Å²) >= 11 is 0. The Labute approximate surface area is 94.5 Å². The van der Waals surface area contributed by atoms with E-state index in [0.29, 0.717) is 6.42 Å². The first kappa shape index (κ1) is 11.4. The molecule has 2 saturated heterocycles. The topological polar surface area (TPSA) is 64.6 Å². The first-order chi connectivity index (χ1) is 7.61. The predicted molar refractivity (Wildman–Crippen MR) is 55.6 cm³/mol. The van der Waals surface area contributed by atoms with Crippen LogP contribution in [0.1, 0.15) is 26.2 Å². The van der Waals surface area contributed by atoms with E-state index in [1.54, 1.807) is 0 Å². The number of piperidine rings is 1. The molecule has 0 radical (unpaired) electrons. The van der Waals surface area contributed by atoms with Crippen LogP contribution in [0.5, 0.6) is 0 Å². The van der Waals surface area contributed by atoms with Crippen LogP contribution in [0.25, 0.3) is 0 Å². The number of fused-ring (bicyclic) bond motifs is 2. The molecule has 0 unspecified atom stereocenters. The standard InChI is InChI=1S/C11H17NO4/c1-6(13)16-10-4-3-8-7(11(14)15-2)5-9(10)12-8/h7-10,12H,3-5H2,1-2H3/t7-,8+,9+,10-/m0/s1. The van der Waals surface area contributed by atoms with E-state index in [4.69, 9.17) is 9.47 Å². The van der Waals surface area contributed by atoms with Gasteiger partial charge in [0.2, 0.25) is 0 Å². The zero-order chi connectivity index (χ0) is 11.7. The van der Waals surface area contributed by atoms with Gasteiger partial charge in [0.05, 0.1) is 13.0 Å². The Morgan fingerprint density at radius 3 is 2.62 bits per heavy atom. The second kappa shape index (κ2) is 4.41. The van der Waals surface area contributed by atoms with Crippen molar-refractivity contribution >= 4 is 11.9 Å². The minimum Gasteiger partial charge on any atom is -0.469 e. The zero-order valence-electron chi connectivity index (χ0n) is 9.56. The molecule has 2 bridgehead atoms. The van der Waals surface area contributed by atoms with Crippen molar-refractivity contribution in [1.29, 1.82) is 0 Å². The number of carbonyl (C=O) groups excluding carboxylic acids is 2. The molecule has 2 aliphatic rings. The Hall–Kier alpha value is -1.10. The number of carbonyl (C=O) groups is 2. The van der Waals surface area contributed by atoms with Crippen LogP contribution in [0.4, 0.5) is 0 Å². The minimum absolute atomic E-state index is 0.0874. The number of rotatable bonds is 2. The van der Waals surface area contributed by atoms with E-state index >= 15 is 0 Å². The average Bonchev–Trinajstić information content (AvgIpc) is 2.60. The molecule has 0 spiro atoms. The van der Waals surface area contributed by atoms with Gasteiger partial charge in [-0.3, -0.25) is 9.59 Å². The lowest BCUT2D eigenvalue weighted by molar-refractivity contribution is -0.149. The van der Waals surface area contributed by atoms with Crippen LogP contribution in [-0.2, 0) is 19.1 Å². The van der Waals surface area contributed by atoms with Crippen molar-refractivity contribution in [1.82, 2.24) is 5.32 Å². The van der Waals surface area contributed by atoms with Gasteiger partial charge in [0.15, 0.2) is 0 Å². The third kappa shape index (κ3) is 2.04. The number of hydrogen-bond acceptors (Lipinski definition) is 5. The third-order valence-corrected chi connectivity index (χ3v) is 3.45. The number of esters is 2. The van der Waals surface area contributed by atoms with Crippen molar-refractivity contribution in [2.24, 2.45) is 5.92 Å². The van der Waals surface area contributed by atoms with Gasteiger partial charge in [-0.05, 0) is 19.3 Å². The quantitative estimate of drug-likeness (QED) is 0.684. The van der Waals surface area contributed by atoms with Crippen LogP contribution in [0.3, 0.4) is 0 Å². The minimum atomic E-state index is -0.258. The van der Waals surface area contributed by atoms with E-state index in [1.165, 1.54) is 14.0 Å². The van der Waals surface area contributed by atoms with Crippen molar-refractivity contribution in [2.75, 3.05) is 7.11 Å². The fourth-order valence-electron chi connectivity index (χ4n) is 2.75. The van der Waals surface area contributed by atoms with Crippen molar-refractivity contribution in [3.8, 4) is 0 Å². The van der Waals surface area contributed by atoms with Crippen molar-refractivity contribution in [3.05, 3.63) is 0 Å². The molecule has 0 aromatic rings. The lowest BCUT2D eigenvalue weighted by Gasteiger charge is -2.29. The first-order valence-corrected chi connectivity index (χ1v) is 5.63. The van der Waals surface area contributed by atoms with Gasteiger partial charge in [-0.25, -0.2) is 0 Å². The summed E-state index contributed by atoms with van der Waals surface area (Å²) in [5.74, 6) is -0.509. The second-order valence-electron chi connectivity index (χ2n) is 4.47. The van der Waals surface area contributed by atoms with Crippen LogP contribution in [0.15, 0.2) is 0 Å². The van der Waals surface area contributed by atoms with Crippen molar-refractivity contribution < 1.29 is 19.1 Å². The highest BCUT2D eigenvalue weighted by Crippen LogP contribution is 2.34. The van der Waals surface area contributed by atoms with Crippen LogP contribution in [0, 0.1) is 5.92 Å². The molecule has 0 amide bonds. The molecule has 0 saturated carbocycles. The zero-order valence-corrected chi connectivity index (χ0v) is 9.56. The van der Waals surface area contributed by atoms with Gasteiger partial charge in [0, 0.05) is 19.0 Å². The van der Waals surface area contributed by atoms with E-state index < -0.39 is 0 Å². The van der Waals surface area contributed by atoms with Gasteiger partial charge >= 0.3 is 11.9 Å². The molecule has 0 aromatic heterocycles. The van der Waals surface area contributed by atoms with Gasteiger partial charge in [-0.1, -0.05) is 0 Å². The predicted octanol–water partition coefficient (Wildman–Crippen LogP) is 0.232. The van der Waals surface area contributed by atoms with E-state index in [-0.39, 0.29) is 36.0 Å². The number of nitrogens with one attached hydrogen (secondary N) is 1. The fraction of sp³-hybridized carbons (Fsp3) is 0.818. The molecule has 2 rings (SSSR count). The summed E-state index contributed by atoms with van der Waals surface area (Å²) in [6.07, 6.45) is 2.29.